The summed E-state index contributed by atoms with van der Waals surface area (Å²) in [4.78, 5) is 0. The number of aryl methyl sites for hydroxylation is 1. The second-order valence-electron chi connectivity index (χ2n) is 5.51. The van der Waals surface area contributed by atoms with Crippen LogP contribution in [0.15, 0.2) is 10.7 Å². The number of ether oxygens (including phenoxy) is 1. The second kappa shape index (κ2) is 2.66. The topological polar surface area (TPSA) is 30.4 Å². The summed E-state index contributed by atoms with van der Waals surface area (Å²) in [6.45, 7) is 4.63. The molecule has 0 spiro atoms. The van der Waals surface area contributed by atoms with Crippen LogP contribution in [0.4, 0.5) is 0 Å². The molecule has 2 unspecified atom stereocenters. The van der Waals surface area contributed by atoms with Gasteiger partial charge in [-0.05, 0) is 34.2 Å². The van der Waals surface area contributed by atoms with Crippen molar-refractivity contribution in [3.63, 3.8) is 0 Å². The average molecular weight is 271 g/mol. The summed E-state index contributed by atoms with van der Waals surface area (Å²) < 4.78 is 8.90. The summed E-state index contributed by atoms with van der Waals surface area (Å²) in [6.07, 6.45) is 4.51. The van der Waals surface area contributed by atoms with Gasteiger partial charge in [-0.2, -0.15) is 5.10 Å². The molecule has 0 N–H and O–H groups in total. The molecule has 0 aromatic carbocycles. The molecule has 3 rings (SSSR count). The molecule has 1 aliphatic carbocycles. The summed E-state index contributed by atoms with van der Waals surface area (Å²) in [5, 5.41) is 4.27. The maximum Gasteiger partial charge on any atom is 0.138 e. The summed E-state index contributed by atoms with van der Waals surface area (Å²) in [6, 6.07) is 0. The quantitative estimate of drug-likeness (QED) is 0.735. The van der Waals surface area contributed by atoms with Crippen molar-refractivity contribution in [3.05, 3.63) is 16.4 Å². The van der Waals surface area contributed by atoms with Crippen molar-refractivity contribution in [2.75, 3.05) is 0 Å². The largest absolute Gasteiger partial charge is 0.359 e. The highest BCUT2D eigenvalue weighted by atomic mass is 79.9. The maximum atomic E-state index is 5.89. The van der Waals surface area contributed by atoms with E-state index in [9.17, 15) is 0 Å². The third-order valence-electron chi connectivity index (χ3n) is 3.59. The molecule has 1 aromatic heterocycles. The Balaban J connectivity index is 2.04. The van der Waals surface area contributed by atoms with Crippen molar-refractivity contribution in [2.24, 2.45) is 12.5 Å². The summed E-state index contributed by atoms with van der Waals surface area (Å²) in [5.41, 5.74) is 1.55. The molecule has 1 aliphatic heterocycles. The van der Waals surface area contributed by atoms with Gasteiger partial charge in [-0.3, -0.25) is 4.68 Å². The van der Waals surface area contributed by atoms with E-state index in [4.69, 9.17) is 4.74 Å². The van der Waals surface area contributed by atoms with Crippen LogP contribution in [-0.4, -0.2) is 15.9 Å². The molecule has 0 bridgehead atoms. The van der Waals surface area contributed by atoms with Crippen molar-refractivity contribution in [1.29, 1.82) is 0 Å². The number of epoxide rings is 1. The zero-order valence-electron chi connectivity index (χ0n) is 9.25. The van der Waals surface area contributed by atoms with Gasteiger partial charge in [-0.1, -0.05) is 13.8 Å². The van der Waals surface area contributed by atoms with Gasteiger partial charge in [0, 0.05) is 7.05 Å². The first-order chi connectivity index (χ1) is 6.95. The lowest BCUT2D eigenvalue weighted by Gasteiger charge is -2.21. The van der Waals surface area contributed by atoms with Crippen molar-refractivity contribution in [1.82, 2.24) is 9.78 Å². The van der Waals surface area contributed by atoms with Crippen LogP contribution in [0, 0.1) is 5.41 Å². The van der Waals surface area contributed by atoms with E-state index in [1.165, 1.54) is 5.69 Å². The molecule has 82 valence electrons. The Kier molecular flexibility index (Phi) is 1.75. The van der Waals surface area contributed by atoms with Crippen LogP contribution >= 0.6 is 15.9 Å². The first kappa shape index (κ1) is 9.85. The molecule has 1 aromatic rings. The Bertz CT molecular complexity index is 407. The number of hydrogen-bond donors (Lipinski definition) is 0. The van der Waals surface area contributed by atoms with E-state index in [1.54, 1.807) is 0 Å². The molecule has 0 amide bonds. The highest BCUT2D eigenvalue weighted by Gasteiger charge is 2.67. The predicted molar refractivity (Wildman–Crippen MR) is 60.5 cm³/mol. The number of fused-ring (bicyclic) bond motifs is 1. The molecular formula is C11H15BrN2O. The Morgan fingerprint density at radius 2 is 2.33 bits per heavy atom. The molecule has 2 fully saturated rings. The molecule has 1 saturated heterocycles. The number of rotatable bonds is 1. The number of hydrogen-bond acceptors (Lipinski definition) is 2. The molecule has 15 heavy (non-hydrogen) atoms. The van der Waals surface area contributed by atoms with Gasteiger partial charge in [0.15, 0.2) is 0 Å². The number of nitrogens with zero attached hydrogens (tertiary/aromatic N) is 2. The van der Waals surface area contributed by atoms with Crippen LogP contribution in [0.25, 0.3) is 0 Å². The van der Waals surface area contributed by atoms with Gasteiger partial charge in [0.2, 0.25) is 0 Å². The monoisotopic (exact) mass is 270 g/mol. The van der Waals surface area contributed by atoms with Crippen LogP contribution in [-0.2, 0) is 17.4 Å². The molecule has 0 radical (unpaired) electrons. The van der Waals surface area contributed by atoms with E-state index >= 15 is 0 Å². The van der Waals surface area contributed by atoms with Crippen molar-refractivity contribution < 1.29 is 4.74 Å². The van der Waals surface area contributed by atoms with E-state index in [0.29, 0.717) is 11.5 Å². The van der Waals surface area contributed by atoms with Gasteiger partial charge < -0.3 is 4.74 Å². The fraction of sp³-hybridized carbons (Fsp3) is 0.727. The predicted octanol–water partition coefficient (Wildman–Crippen LogP) is 2.60. The zero-order chi connectivity index (χ0) is 10.8. The lowest BCUT2D eigenvalue weighted by Crippen LogP contribution is -2.18. The number of halogens is 1. The van der Waals surface area contributed by atoms with E-state index in [0.717, 1.165) is 17.3 Å². The van der Waals surface area contributed by atoms with Crippen LogP contribution in [0.1, 0.15) is 32.4 Å². The second-order valence-corrected chi connectivity index (χ2v) is 6.36. The van der Waals surface area contributed by atoms with Gasteiger partial charge >= 0.3 is 0 Å². The number of aromatic nitrogens is 2. The lowest BCUT2D eigenvalue weighted by molar-refractivity contribution is 0.159. The van der Waals surface area contributed by atoms with E-state index < -0.39 is 0 Å². The fourth-order valence-electron chi connectivity index (χ4n) is 3.05. The Labute approximate surface area is 97.9 Å². The zero-order valence-corrected chi connectivity index (χ0v) is 10.8. The van der Waals surface area contributed by atoms with Crippen LogP contribution in [0.2, 0.25) is 0 Å². The molecule has 2 atom stereocenters. The molecule has 2 aliphatic rings. The molecule has 3 nitrogen and oxygen atoms in total. The van der Waals surface area contributed by atoms with Crippen LogP contribution in [0.5, 0.6) is 0 Å². The third-order valence-corrected chi connectivity index (χ3v) is 4.17. The highest BCUT2D eigenvalue weighted by Crippen LogP contribution is 2.64. The summed E-state index contributed by atoms with van der Waals surface area (Å²) >= 11 is 3.56. The van der Waals surface area contributed by atoms with Crippen LogP contribution in [0.3, 0.4) is 0 Å². The minimum atomic E-state index is -0.0480. The highest BCUT2D eigenvalue weighted by molar-refractivity contribution is 9.10. The average Bonchev–Trinajstić information content (AvgIpc) is 2.48. The van der Waals surface area contributed by atoms with E-state index in [1.807, 2.05) is 17.9 Å². The first-order valence-electron chi connectivity index (χ1n) is 5.30. The van der Waals surface area contributed by atoms with Gasteiger partial charge in [-0.15, -0.1) is 0 Å². The van der Waals surface area contributed by atoms with E-state index in [-0.39, 0.29) is 5.60 Å². The van der Waals surface area contributed by atoms with Crippen molar-refractivity contribution in [3.8, 4) is 0 Å². The lowest BCUT2D eigenvalue weighted by atomic mass is 9.88. The normalized spacial score (nSPS) is 36.7. The van der Waals surface area contributed by atoms with Gasteiger partial charge in [0.25, 0.3) is 0 Å². The Morgan fingerprint density at radius 1 is 1.60 bits per heavy atom. The SMILES string of the molecule is Cn1ncc(Br)c1C12CC(C)(C)CC1O2. The standard InChI is InChI=1S/C11H15BrN2O/c1-10(2)4-8-11(6-10,15-8)9-7(12)5-13-14(9)3/h5,8H,4,6H2,1-3H3. The van der Waals surface area contributed by atoms with Gasteiger partial charge in [-0.25, -0.2) is 0 Å². The summed E-state index contributed by atoms with van der Waals surface area (Å²) in [5.74, 6) is 0. The first-order valence-corrected chi connectivity index (χ1v) is 6.10. The summed E-state index contributed by atoms with van der Waals surface area (Å²) in [7, 11) is 1.99. The molecule has 4 heteroatoms. The molecule has 2 heterocycles. The van der Waals surface area contributed by atoms with Gasteiger partial charge in [0.1, 0.15) is 5.60 Å². The van der Waals surface area contributed by atoms with Gasteiger partial charge in [0.05, 0.1) is 22.5 Å². The van der Waals surface area contributed by atoms with Crippen molar-refractivity contribution >= 4 is 15.9 Å². The minimum absolute atomic E-state index is 0.0480. The van der Waals surface area contributed by atoms with E-state index in [2.05, 4.69) is 34.9 Å². The van der Waals surface area contributed by atoms with Crippen LogP contribution < -0.4 is 0 Å². The maximum absolute atomic E-state index is 5.89. The molecular weight excluding hydrogens is 256 g/mol. The third kappa shape index (κ3) is 1.24. The molecule has 1 saturated carbocycles. The Hall–Kier alpha value is -0.350. The smallest absolute Gasteiger partial charge is 0.138 e. The minimum Gasteiger partial charge on any atom is -0.359 e. The van der Waals surface area contributed by atoms with Crippen molar-refractivity contribution in [2.45, 2.75) is 38.4 Å². The Morgan fingerprint density at radius 3 is 2.80 bits per heavy atom. The fourth-order valence-corrected chi connectivity index (χ4v) is 3.73.